The Labute approximate surface area is 162 Å². The third-order valence-electron chi connectivity index (χ3n) is 4.04. The normalized spacial score (nSPS) is 12.6. The summed E-state index contributed by atoms with van der Waals surface area (Å²) in [5, 5.41) is 3.82. The molecule has 0 bridgehead atoms. The summed E-state index contributed by atoms with van der Waals surface area (Å²) < 4.78 is 42.6. The van der Waals surface area contributed by atoms with Crippen molar-refractivity contribution in [3.63, 3.8) is 0 Å². The van der Waals surface area contributed by atoms with Crippen LogP contribution in [0.1, 0.15) is 36.3 Å². The van der Waals surface area contributed by atoms with E-state index in [0.717, 1.165) is 0 Å². The maximum Gasteiger partial charge on any atom is 0.338 e. The molecule has 148 valence electrons. The molecule has 1 aromatic carbocycles. The van der Waals surface area contributed by atoms with E-state index in [-0.39, 0.29) is 23.1 Å². The third kappa shape index (κ3) is 4.68. The van der Waals surface area contributed by atoms with Crippen LogP contribution in [0.3, 0.4) is 0 Å². The zero-order valence-electron chi connectivity index (χ0n) is 15.4. The van der Waals surface area contributed by atoms with Crippen LogP contribution in [-0.4, -0.2) is 25.6 Å². The predicted octanol–water partition coefficient (Wildman–Crippen LogP) is 3.37. The summed E-state index contributed by atoms with van der Waals surface area (Å²) in [4.78, 5) is 12.3. The van der Waals surface area contributed by atoms with Crippen molar-refractivity contribution in [2.24, 2.45) is 0 Å². The number of esters is 1. The molecule has 3 aromatic rings. The number of benzene rings is 1. The largest absolute Gasteiger partial charge is 0.461 e. The van der Waals surface area contributed by atoms with Gasteiger partial charge in [0, 0.05) is 12.1 Å². The molecule has 28 heavy (non-hydrogen) atoms. The topological polar surface area (TPSA) is 112 Å². The van der Waals surface area contributed by atoms with E-state index in [0.29, 0.717) is 23.6 Å². The van der Waals surface area contributed by atoms with Gasteiger partial charge in [0.1, 0.15) is 12.3 Å². The van der Waals surface area contributed by atoms with E-state index >= 15 is 0 Å². The van der Waals surface area contributed by atoms with E-state index in [2.05, 4.69) is 9.88 Å². The second-order valence-corrected chi connectivity index (χ2v) is 7.90. The molecule has 0 spiro atoms. The van der Waals surface area contributed by atoms with Crippen LogP contribution in [0.2, 0.25) is 0 Å². The van der Waals surface area contributed by atoms with Gasteiger partial charge in [-0.15, -0.1) is 0 Å². The van der Waals surface area contributed by atoms with Gasteiger partial charge in [0.2, 0.25) is 15.8 Å². The molecule has 0 saturated heterocycles. The molecule has 1 atom stereocenters. The van der Waals surface area contributed by atoms with Gasteiger partial charge in [0.25, 0.3) is 0 Å². The lowest BCUT2D eigenvalue weighted by Gasteiger charge is -2.12. The van der Waals surface area contributed by atoms with Crippen molar-refractivity contribution in [1.82, 2.24) is 9.88 Å². The number of hydrogen-bond donors (Lipinski definition) is 1. The molecule has 3 rings (SSSR count). The summed E-state index contributed by atoms with van der Waals surface area (Å²) in [6, 6.07) is 10.4. The third-order valence-corrected chi connectivity index (χ3v) is 5.65. The van der Waals surface area contributed by atoms with Gasteiger partial charge in [-0.05, 0) is 49.7 Å². The summed E-state index contributed by atoms with van der Waals surface area (Å²) in [7, 11) is -3.62. The number of hydrogen-bond acceptors (Lipinski definition) is 7. The molecule has 8 nitrogen and oxygen atoms in total. The van der Waals surface area contributed by atoms with Gasteiger partial charge in [-0.2, -0.15) is 0 Å². The van der Waals surface area contributed by atoms with Crippen LogP contribution in [0, 0.1) is 0 Å². The maximum atomic E-state index is 12.2. The second-order valence-electron chi connectivity index (χ2n) is 6.19. The molecule has 9 heteroatoms. The lowest BCUT2D eigenvalue weighted by atomic mass is 10.2. The Kier molecular flexibility index (Phi) is 5.96. The Morgan fingerprint density at radius 2 is 1.96 bits per heavy atom. The molecule has 0 aliphatic rings. The quantitative estimate of drug-likeness (QED) is 0.573. The molecule has 2 aromatic heterocycles. The van der Waals surface area contributed by atoms with Crippen molar-refractivity contribution in [3.8, 4) is 11.5 Å². The van der Waals surface area contributed by atoms with Gasteiger partial charge < -0.3 is 13.7 Å². The Morgan fingerprint density at radius 1 is 1.21 bits per heavy atom. The van der Waals surface area contributed by atoms with Crippen LogP contribution >= 0.6 is 0 Å². The lowest BCUT2D eigenvalue weighted by molar-refractivity contribution is 0.0464. The number of rotatable bonds is 8. The summed E-state index contributed by atoms with van der Waals surface area (Å²) in [5.41, 5.74) is 0.661. The highest BCUT2D eigenvalue weighted by molar-refractivity contribution is 7.89. The van der Waals surface area contributed by atoms with Crippen molar-refractivity contribution >= 4 is 16.0 Å². The minimum Gasteiger partial charge on any atom is -0.461 e. The zero-order valence-corrected chi connectivity index (χ0v) is 16.2. The summed E-state index contributed by atoms with van der Waals surface area (Å²) in [6.45, 7) is 3.59. The van der Waals surface area contributed by atoms with Gasteiger partial charge in [0.15, 0.2) is 5.76 Å². The van der Waals surface area contributed by atoms with Crippen molar-refractivity contribution in [1.29, 1.82) is 0 Å². The highest BCUT2D eigenvalue weighted by Gasteiger charge is 2.18. The number of nitrogens with one attached hydrogen (secondary N) is 1. The average molecular weight is 404 g/mol. The number of furan rings is 1. The first-order valence-electron chi connectivity index (χ1n) is 8.68. The van der Waals surface area contributed by atoms with Gasteiger partial charge in [-0.3, -0.25) is 0 Å². The van der Waals surface area contributed by atoms with Crippen LogP contribution in [0.25, 0.3) is 11.5 Å². The molecule has 0 radical (unpaired) electrons. The fourth-order valence-electron chi connectivity index (χ4n) is 2.32. The van der Waals surface area contributed by atoms with Crippen molar-refractivity contribution in [2.45, 2.75) is 37.8 Å². The summed E-state index contributed by atoms with van der Waals surface area (Å²) in [6.07, 6.45) is 2.19. The fraction of sp³-hybridized carbons (Fsp3) is 0.263. The lowest BCUT2D eigenvalue weighted by Crippen LogP contribution is -2.32. The molecule has 1 N–H and O–H groups in total. The van der Waals surface area contributed by atoms with Gasteiger partial charge in [-0.25, -0.2) is 17.9 Å². The Hall–Kier alpha value is -2.91. The van der Waals surface area contributed by atoms with Crippen molar-refractivity contribution < 1.29 is 26.9 Å². The first kappa shape index (κ1) is 19.8. The van der Waals surface area contributed by atoms with Crippen LogP contribution in [0.5, 0.6) is 0 Å². The minimum atomic E-state index is -3.62. The molecule has 0 aliphatic carbocycles. The van der Waals surface area contributed by atoms with E-state index in [9.17, 15) is 13.2 Å². The molecule has 2 heterocycles. The predicted molar refractivity (Wildman–Crippen MR) is 99.8 cm³/mol. The molecule has 0 amide bonds. The van der Waals surface area contributed by atoms with Crippen LogP contribution in [-0.2, 0) is 21.4 Å². The smallest absolute Gasteiger partial charge is 0.338 e. The average Bonchev–Trinajstić information content (AvgIpc) is 3.37. The Morgan fingerprint density at radius 3 is 2.61 bits per heavy atom. The van der Waals surface area contributed by atoms with E-state index in [1.165, 1.54) is 30.5 Å². The molecule has 0 aliphatic heterocycles. The summed E-state index contributed by atoms with van der Waals surface area (Å²) in [5.74, 6) is 0.355. The van der Waals surface area contributed by atoms with Gasteiger partial charge in [0.05, 0.1) is 16.7 Å². The monoisotopic (exact) mass is 404 g/mol. The molecule has 0 fully saturated rings. The fourth-order valence-corrected chi connectivity index (χ4v) is 3.65. The SMILES string of the molecule is CC[C@@H](C)NS(=O)(=O)c1ccc(C(=O)OCc2cc(-c3ccco3)on2)cc1. The molecular weight excluding hydrogens is 384 g/mol. The number of sulfonamides is 1. The van der Waals surface area contributed by atoms with Crippen molar-refractivity contribution in [2.75, 3.05) is 0 Å². The first-order valence-corrected chi connectivity index (χ1v) is 10.2. The van der Waals surface area contributed by atoms with Crippen LogP contribution in [0.15, 0.2) is 62.6 Å². The highest BCUT2D eigenvalue weighted by Crippen LogP contribution is 2.21. The zero-order chi connectivity index (χ0) is 20.1. The Balaban J connectivity index is 1.61. The molecule has 0 unspecified atom stereocenters. The Bertz CT molecular complexity index is 1020. The van der Waals surface area contributed by atoms with Crippen LogP contribution in [0.4, 0.5) is 0 Å². The van der Waals surface area contributed by atoms with E-state index in [1.807, 2.05) is 6.92 Å². The highest BCUT2D eigenvalue weighted by atomic mass is 32.2. The number of carbonyl (C=O) groups is 1. The van der Waals surface area contributed by atoms with Crippen molar-refractivity contribution in [3.05, 3.63) is 60.0 Å². The van der Waals surface area contributed by atoms with E-state index < -0.39 is 16.0 Å². The number of aromatic nitrogens is 1. The first-order chi connectivity index (χ1) is 13.4. The standard InChI is InChI=1S/C19H20N2O6S/c1-3-13(2)21-28(23,24)16-8-6-14(7-9-16)19(22)26-12-15-11-18(27-20-15)17-5-4-10-25-17/h4-11,13,21H,3,12H2,1-2H3/t13-/m1/s1. The van der Waals surface area contributed by atoms with E-state index in [4.69, 9.17) is 13.7 Å². The molecular formula is C19H20N2O6S. The minimum absolute atomic E-state index is 0.0847. The number of ether oxygens (including phenoxy) is 1. The van der Waals surface area contributed by atoms with E-state index in [1.54, 1.807) is 25.1 Å². The second kappa shape index (κ2) is 8.41. The number of nitrogens with zero attached hydrogens (tertiary/aromatic N) is 1. The van der Waals surface area contributed by atoms with Crippen LogP contribution < -0.4 is 4.72 Å². The maximum absolute atomic E-state index is 12.2. The molecule has 0 saturated carbocycles. The summed E-state index contributed by atoms with van der Waals surface area (Å²) >= 11 is 0. The number of carbonyl (C=O) groups excluding carboxylic acids is 1. The van der Waals surface area contributed by atoms with Gasteiger partial charge in [-0.1, -0.05) is 12.1 Å². The van der Waals surface area contributed by atoms with Gasteiger partial charge >= 0.3 is 5.97 Å².